The molecule has 0 aliphatic heterocycles. The van der Waals surface area contributed by atoms with Crippen LogP contribution in [0, 0.1) is 0 Å². The second-order valence-corrected chi connectivity index (χ2v) is 9.09. The molecule has 8 heteroatoms. The van der Waals surface area contributed by atoms with Crippen molar-refractivity contribution in [2.24, 2.45) is 0 Å². The normalized spacial score (nSPS) is 15.2. The van der Waals surface area contributed by atoms with E-state index in [2.05, 4.69) is 20.7 Å². The van der Waals surface area contributed by atoms with Crippen LogP contribution in [-0.2, 0) is 16.4 Å². The monoisotopic (exact) mass is 379 g/mol. The number of nitrogens with one attached hydrogen (secondary N) is 1. The molecule has 2 aromatic heterocycles. The summed E-state index contributed by atoms with van der Waals surface area (Å²) >= 11 is 4.34. The number of sulfonamides is 1. The van der Waals surface area contributed by atoms with Gasteiger partial charge >= 0.3 is 0 Å². The van der Waals surface area contributed by atoms with Crippen LogP contribution in [0.25, 0.3) is 0 Å². The fourth-order valence-corrected chi connectivity index (χ4v) is 4.83. The van der Waals surface area contributed by atoms with Crippen LogP contribution in [0.1, 0.15) is 12.7 Å². The number of hydrogen-bond acceptors (Lipinski definition) is 5. The lowest BCUT2D eigenvalue weighted by molar-refractivity contribution is 0.0603. The predicted molar refractivity (Wildman–Crippen MR) is 80.2 cm³/mol. The first-order valence-electron chi connectivity index (χ1n) is 5.78. The number of furan rings is 1. The van der Waals surface area contributed by atoms with Crippen molar-refractivity contribution in [1.29, 1.82) is 0 Å². The van der Waals surface area contributed by atoms with Gasteiger partial charge in [-0.15, -0.1) is 11.3 Å². The average molecular weight is 380 g/mol. The molecule has 0 fully saturated rings. The highest BCUT2D eigenvalue weighted by Crippen LogP contribution is 2.26. The van der Waals surface area contributed by atoms with Crippen molar-refractivity contribution in [1.82, 2.24) is 4.72 Å². The Hall–Kier alpha value is -0.670. The van der Waals surface area contributed by atoms with Crippen LogP contribution < -0.4 is 4.72 Å². The molecular formula is C12H14BrNO4S2. The molecule has 110 valence electrons. The molecule has 2 heterocycles. The molecular weight excluding hydrogens is 366 g/mol. The molecule has 0 aliphatic carbocycles. The van der Waals surface area contributed by atoms with Crippen molar-refractivity contribution in [2.45, 2.75) is 23.2 Å². The molecule has 0 amide bonds. The highest BCUT2D eigenvalue weighted by atomic mass is 79.9. The van der Waals surface area contributed by atoms with Gasteiger partial charge in [0.05, 0.1) is 15.7 Å². The Morgan fingerprint density at radius 3 is 2.75 bits per heavy atom. The van der Waals surface area contributed by atoms with Gasteiger partial charge in [-0.05, 0) is 47.1 Å². The Kier molecular flexibility index (Phi) is 4.70. The Morgan fingerprint density at radius 1 is 1.45 bits per heavy atom. The number of aliphatic hydroxyl groups is 1. The van der Waals surface area contributed by atoms with Crippen LogP contribution in [0.2, 0.25) is 0 Å². The highest BCUT2D eigenvalue weighted by Gasteiger charge is 2.26. The summed E-state index contributed by atoms with van der Waals surface area (Å²) in [5.74, 6) is 0.605. The number of hydrogen-bond donors (Lipinski definition) is 2. The lowest BCUT2D eigenvalue weighted by Crippen LogP contribution is -2.41. The van der Waals surface area contributed by atoms with E-state index in [9.17, 15) is 13.5 Å². The zero-order chi connectivity index (χ0) is 14.8. The van der Waals surface area contributed by atoms with Gasteiger partial charge in [0.25, 0.3) is 0 Å². The van der Waals surface area contributed by atoms with Crippen LogP contribution in [0.3, 0.4) is 0 Å². The summed E-state index contributed by atoms with van der Waals surface area (Å²) in [5, 5.41) is 10.2. The van der Waals surface area contributed by atoms with Gasteiger partial charge in [-0.3, -0.25) is 0 Å². The maximum Gasteiger partial charge on any atom is 0.250 e. The highest BCUT2D eigenvalue weighted by molar-refractivity contribution is 9.11. The molecule has 0 saturated carbocycles. The fraction of sp³-hybridized carbons (Fsp3) is 0.333. The molecule has 20 heavy (non-hydrogen) atoms. The number of rotatable bonds is 6. The number of halogens is 1. The summed E-state index contributed by atoms with van der Waals surface area (Å²) in [6.07, 6.45) is 1.75. The van der Waals surface area contributed by atoms with E-state index in [4.69, 9.17) is 4.42 Å². The molecule has 1 atom stereocenters. The van der Waals surface area contributed by atoms with Gasteiger partial charge in [-0.2, -0.15) is 0 Å². The van der Waals surface area contributed by atoms with Crippen LogP contribution in [-0.4, -0.2) is 25.7 Å². The van der Waals surface area contributed by atoms with Crippen LogP contribution in [0.15, 0.2) is 42.9 Å². The molecule has 0 bridgehead atoms. The lowest BCUT2D eigenvalue weighted by Gasteiger charge is -2.22. The van der Waals surface area contributed by atoms with E-state index < -0.39 is 15.6 Å². The molecule has 0 aliphatic rings. The zero-order valence-corrected chi connectivity index (χ0v) is 13.9. The average Bonchev–Trinajstić information content (AvgIpc) is 2.98. The maximum atomic E-state index is 12.0. The first-order valence-corrected chi connectivity index (χ1v) is 8.88. The molecule has 0 radical (unpaired) electrons. The van der Waals surface area contributed by atoms with Crippen LogP contribution in [0.4, 0.5) is 0 Å². The second-order valence-electron chi connectivity index (χ2n) is 4.64. The zero-order valence-electron chi connectivity index (χ0n) is 10.7. The molecule has 5 nitrogen and oxygen atoms in total. The van der Waals surface area contributed by atoms with Gasteiger partial charge in [0.2, 0.25) is 10.0 Å². The Balaban J connectivity index is 2.00. The minimum Gasteiger partial charge on any atom is -0.469 e. The largest absolute Gasteiger partial charge is 0.469 e. The minimum atomic E-state index is -3.60. The Morgan fingerprint density at radius 2 is 2.20 bits per heavy atom. The van der Waals surface area contributed by atoms with E-state index in [1.165, 1.54) is 12.3 Å². The molecule has 0 spiro atoms. The van der Waals surface area contributed by atoms with E-state index in [0.717, 1.165) is 15.1 Å². The topological polar surface area (TPSA) is 79.5 Å². The lowest BCUT2D eigenvalue weighted by atomic mass is 10.0. The van der Waals surface area contributed by atoms with Gasteiger partial charge in [-0.1, -0.05) is 0 Å². The summed E-state index contributed by atoms with van der Waals surface area (Å²) in [7, 11) is -3.60. The maximum absolute atomic E-state index is 12.0. The minimum absolute atomic E-state index is 0.0917. The number of thiophene rings is 1. The molecule has 2 rings (SSSR count). The summed E-state index contributed by atoms with van der Waals surface area (Å²) in [6.45, 7) is 1.47. The van der Waals surface area contributed by atoms with Gasteiger partial charge in [0.15, 0.2) is 0 Å². The SMILES string of the molecule is CC(O)(CNS(=O)(=O)c1ccc(Br)s1)Cc1ccco1. The fourth-order valence-electron chi connectivity index (χ4n) is 1.61. The summed E-state index contributed by atoms with van der Waals surface area (Å²) in [6, 6.07) is 6.64. The third-order valence-corrected chi connectivity index (χ3v) is 6.11. The summed E-state index contributed by atoms with van der Waals surface area (Å²) in [5.41, 5.74) is -1.22. The van der Waals surface area contributed by atoms with E-state index in [1.54, 1.807) is 25.1 Å². The van der Waals surface area contributed by atoms with Crippen molar-refractivity contribution in [2.75, 3.05) is 6.54 Å². The van der Waals surface area contributed by atoms with E-state index >= 15 is 0 Å². The van der Waals surface area contributed by atoms with E-state index in [-0.39, 0.29) is 17.2 Å². The van der Waals surface area contributed by atoms with Gasteiger partial charge in [0, 0.05) is 13.0 Å². The summed E-state index contributed by atoms with van der Waals surface area (Å²) < 4.78 is 32.6. The van der Waals surface area contributed by atoms with Gasteiger partial charge < -0.3 is 9.52 Å². The van der Waals surface area contributed by atoms with Crippen LogP contribution >= 0.6 is 27.3 Å². The second kappa shape index (κ2) is 5.98. The third kappa shape index (κ3) is 4.16. The predicted octanol–water partition coefficient (Wildman–Crippen LogP) is 2.38. The first-order chi connectivity index (χ1) is 9.28. The molecule has 1 unspecified atom stereocenters. The molecule has 2 aromatic rings. The third-order valence-electron chi connectivity index (χ3n) is 2.59. The van der Waals surface area contributed by atoms with E-state index in [0.29, 0.717) is 5.76 Å². The quantitative estimate of drug-likeness (QED) is 0.807. The van der Waals surface area contributed by atoms with Gasteiger partial charge in [-0.25, -0.2) is 13.1 Å². The smallest absolute Gasteiger partial charge is 0.250 e. The standard InChI is InChI=1S/C12H14BrNO4S2/c1-12(15,7-9-3-2-6-18-9)8-14-20(16,17)11-5-4-10(13)19-11/h2-6,14-15H,7-8H2,1H3. The first kappa shape index (κ1) is 15.7. The molecule has 2 N–H and O–H groups in total. The van der Waals surface area contributed by atoms with E-state index in [1.807, 2.05) is 0 Å². The van der Waals surface area contributed by atoms with Gasteiger partial charge in [0.1, 0.15) is 9.97 Å². The van der Waals surface area contributed by atoms with Crippen molar-refractivity contribution in [3.63, 3.8) is 0 Å². The van der Waals surface area contributed by atoms with Crippen molar-refractivity contribution >= 4 is 37.3 Å². The summed E-state index contributed by atoms with van der Waals surface area (Å²) in [4.78, 5) is 0. The van der Waals surface area contributed by atoms with Crippen molar-refractivity contribution in [3.05, 3.63) is 40.1 Å². The Labute approximate surface area is 129 Å². The Bertz CT molecular complexity index is 661. The van der Waals surface area contributed by atoms with Crippen molar-refractivity contribution < 1.29 is 17.9 Å². The van der Waals surface area contributed by atoms with Crippen LogP contribution in [0.5, 0.6) is 0 Å². The molecule has 0 saturated heterocycles. The molecule has 0 aromatic carbocycles. The van der Waals surface area contributed by atoms with Crippen molar-refractivity contribution in [3.8, 4) is 0 Å².